The zero-order valence-corrected chi connectivity index (χ0v) is 27.5. The molecule has 50 heavy (non-hydrogen) atoms. The van der Waals surface area contributed by atoms with E-state index < -0.39 is 40.1 Å². The Hall–Kier alpha value is -6.05. The van der Waals surface area contributed by atoms with E-state index >= 15 is 0 Å². The number of amides is 1. The number of ether oxygens (including phenoxy) is 3. The first-order valence-electron chi connectivity index (χ1n) is 14.3. The zero-order valence-electron chi connectivity index (χ0n) is 26.7. The van der Waals surface area contributed by atoms with Crippen molar-refractivity contribution in [3.8, 4) is 46.1 Å². The van der Waals surface area contributed by atoms with Gasteiger partial charge in [-0.3, -0.25) is 9.36 Å². The van der Waals surface area contributed by atoms with Gasteiger partial charge in [0.1, 0.15) is 17.1 Å². The van der Waals surface area contributed by atoms with Crippen molar-refractivity contribution in [2.75, 3.05) is 32.4 Å². The number of anilines is 2. The van der Waals surface area contributed by atoms with Crippen molar-refractivity contribution >= 4 is 27.6 Å². The van der Waals surface area contributed by atoms with E-state index in [1.165, 1.54) is 46.7 Å². The maximum absolute atomic E-state index is 13.7. The molecule has 1 amide bonds. The molecule has 0 saturated carbocycles. The lowest BCUT2D eigenvalue weighted by Gasteiger charge is -2.15. The minimum Gasteiger partial charge on any atom is -0.497 e. The molecule has 0 atom stereocenters. The van der Waals surface area contributed by atoms with Crippen molar-refractivity contribution in [2.24, 2.45) is 0 Å². The molecule has 264 valence electrons. The van der Waals surface area contributed by atoms with Crippen LogP contribution in [0.25, 0.3) is 16.9 Å². The van der Waals surface area contributed by atoms with Crippen LogP contribution in [0.15, 0.2) is 54.9 Å². The van der Waals surface area contributed by atoms with E-state index in [1.807, 2.05) is 4.72 Å². The molecule has 0 saturated heterocycles. The van der Waals surface area contributed by atoms with Crippen molar-refractivity contribution in [2.45, 2.75) is 19.6 Å². The lowest BCUT2D eigenvalue weighted by Crippen LogP contribution is -2.34. The van der Waals surface area contributed by atoms with E-state index in [1.54, 1.807) is 18.2 Å². The molecule has 5 rings (SSSR count). The summed E-state index contributed by atoms with van der Waals surface area (Å²) < 4.78 is 86.1. The number of aryl methyl sites for hydroxylation is 1. The molecular weight excluding hydrogens is 689 g/mol. The molecule has 4 aromatic heterocycles. The zero-order chi connectivity index (χ0) is 36.4. The van der Waals surface area contributed by atoms with Crippen LogP contribution in [-0.4, -0.2) is 80.9 Å². The van der Waals surface area contributed by atoms with Crippen LogP contribution in [0.4, 0.5) is 24.8 Å². The largest absolute Gasteiger partial charge is 0.497 e. The average Bonchev–Trinajstić information content (AvgIpc) is 3.63. The molecule has 0 unspecified atom stereocenters. The number of nitrogens with one attached hydrogen (secondary N) is 2. The molecule has 1 aromatic carbocycles. The molecule has 16 nitrogen and oxygen atoms in total. The van der Waals surface area contributed by atoms with Crippen LogP contribution in [0.5, 0.6) is 29.1 Å². The number of rotatable bonds is 12. The van der Waals surface area contributed by atoms with Gasteiger partial charge in [0, 0.05) is 71.8 Å². The van der Waals surface area contributed by atoms with Gasteiger partial charge in [-0.25, -0.2) is 27.8 Å². The summed E-state index contributed by atoms with van der Waals surface area (Å²) in [6.45, 7) is 0.993. The Morgan fingerprint density at radius 2 is 1.60 bits per heavy atom. The Bertz CT molecular complexity index is 2130. The Labute approximate surface area is 282 Å². The lowest BCUT2D eigenvalue weighted by atomic mass is 10.1. The van der Waals surface area contributed by atoms with Crippen LogP contribution in [0.3, 0.4) is 0 Å². The van der Waals surface area contributed by atoms with Gasteiger partial charge in [0.05, 0.1) is 27.1 Å². The fourth-order valence-electron chi connectivity index (χ4n) is 4.69. The van der Waals surface area contributed by atoms with E-state index in [0.717, 1.165) is 27.4 Å². The number of halogens is 3. The van der Waals surface area contributed by atoms with Crippen LogP contribution in [0.2, 0.25) is 0 Å². The first kappa shape index (κ1) is 35.3. The van der Waals surface area contributed by atoms with Gasteiger partial charge in [-0.15, -0.1) is 0 Å². The summed E-state index contributed by atoms with van der Waals surface area (Å²) in [6.07, 6.45) is -2.29. The fraction of sp³-hybridized carbons (Fsp3) is 0.233. The lowest BCUT2D eigenvalue weighted by molar-refractivity contribution is -0.141. The maximum Gasteiger partial charge on any atom is 0.435 e. The Morgan fingerprint density at radius 3 is 2.18 bits per heavy atom. The number of carbonyl (C=O) groups excluding carboxylic acids is 1. The van der Waals surface area contributed by atoms with Gasteiger partial charge in [0.25, 0.3) is 5.91 Å². The van der Waals surface area contributed by atoms with E-state index in [-0.39, 0.29) is 51.8 Å². The Kier molecular flexibility index (Phi) is 9.75. The second kappa shape index (κ2) is 13.8. The predicted octanol–water partition coefficient (Wildman–Crippen LogP) is 3.79. The molecule has 20 heteroatoms. The highest BCUT2D eigenvalue weighted by Gasteiger charge is 2.35. The van der Waals surface area contributed by atoms with Crippen molar-refractivity contribution < 1.29 is 50.8 Å². The molecule has 4 N–H and O–H groups in total. The number of aromatic nitrogens is 6. The average molecular weight is 719 g/mol. The summed E-state index contributed by atoms with van der Waals surface area (Å²) in [5, 5.41) is 26.3. The van der Waals surface area contributed by atoms with Crippen LogP contribution in [0, 0.1) is 6.92 Å². The third kappa shape index (κ3) is 7.64. The number of pyridine rings is 1. The molecule has 5 aromatic rings. The summed E-state index contributed by atoms with van der Waals surface area (Å²) in [7, 11) is -0.252. The van der Waals surface area contributed by atoms with E-state index in [4.69, 9.17) is 14.2 Å². The minimum atomic E-state index is -4.78. The van der Waals surface area contributed by atoms with Crippen molar-refractivity contribution in [3.63, 3.8) is 0 Å². The van der Waals surface area contributed by atoms with Crippen LogP contribution < -0.4 is 24.2 Å². The summed E-state index contributed by atoms with van der Waals surface area (Å²) in [5.41, 5.74) is -0.928. The number of methoxy groups -OCH3 is 3. The number of hydrogen-bond acceptors (Lipinski definition) is 13. The monoisotopic (exact) mass is 718 g/mol. The van der Waals surface area contributed by atoms with Crippen molar-refractivity contribution in [1.29, 1.82) is 0 Å². The molecule has 0 bridgehead atoms. The van der Waals surface area contributed by atoms with Gasteiger partial charge >= 0.3 is 6.18 Å². The van der Waals surface area contributed by atoms with E-state index in [2.05, 4.69) is 25.4 Å². The van der Waals surface area contributed by atoms with E-state index in [0.29, 0.717) is 17.2 Å². The predicted molar refractivity (Wildman–Crippen MR) is 171 cm³/mol. The molecule has 0 aliphatic carbocycles. The number of benzene rings is 1. The number of aromatic hydroxyl groups is 2. The highest BCUT2D eigenvalue weighted by Crippen LogP contribution is 2.34. The first-order chi connectivity index (χ1) is 23.6. The van der Waals surface area contributed by atoms with Gasteiger partial charge in [0.15, 0.2) is 23.3 Å². The van der Waals surface area contributed by atoms with Crippen LogP contribution in [-0.2, 0) is 22.7 Å². The molecule has 0 aliphatic heterocycles. The number of nitrogens with zero attached hydrogens (tertiary/aromatic N) is 6. The molecule has 0 spiro atoms. The third-order valence-corrected chi connectivity index (χ3v) is 8.34. The van der Waals surface area contributed by atoms with Gasteiger partial charge in [-0.05, 0) is 19.1 Å². The smallest absolute Gasteiger partial charge is 0.435 e. The first-order valence-corrected chi connectivity index (χ1v) is 16.0. The highest BCUT2D eigenvalue weighted by molar-refractivity contribution is 7.90. The molecular formula is C30H29F3N8O8S. The number of hydrogen-bond donors (Lipinski definition) is 4. The topological polar surface area (TPSA) is 205 Å². The normalized spacial score (nSPS) is 11.7. The highest BCUT2D eigenvalue weighted by atomic mass is 32.2. The Balaban J connectivity index is 1.55. The van der Waals surface area contributed by atoms with E-state index in [9.17, 15) is 36.6 Å². The van der Waals surface area contributed by atoms with Gasteiger partial charge < -0.3 is 29.7 Å². The second-order valence-corrected chi connectivity index (χ2v) is 12.3. The van der Waals surface area contributed by atoms with Crippen LogP contribution in [0.1, 0.15) is 21.7 Å². The van der Waals surface area contributed by atoms with Gasteiger partial charge in [0.2, 0.25) is 21.9 Å². The maximum atomic E-state index is 13.7. The summed E-state index contributed by atoms with van der Waals surface area (Å²) in [4.78, 5) is 26.1. The molecule has 0 radical (unpaired) electrons. The molecule has 4 heterocycles. The molecule has 0 fully saturated rings. The fourth-order valence-corrected chi connectivity index (χ4v) is 5.61. The molecule has 0 aliphatic rings. The second-order valence-electron chi connectivity index (χ2n) is 10.5. The number of sulfonamides is 1. The Morgan fingerprint density at radius 1 is 0.940 bits per heavy atom. The number of carbonyl (C=O) groups is 1. The summed E-state index contributed by atoms with van der Waals surface area (Å²) in [5.74, 6) is -2.27. The van der Waals surface area contributed by atoms with Crippen LogP contribution >= 0.6 is 0 Å². The van der Waals surface area contributed by atoms with Crippen molar-refractivity contribution in [1.82, 2.24) is 34.0 Å². The number of alkyl halides is 3. The third-order valence-electron chi connectivity index (χ3n) is 7.12. The summed E-state index contributed by atoms with van der Waals surface area (Å²) in [6, 6.07) is 9.19. The van der Waals surface area contributed by atoms with Gasteiger partial charge in [-0.1, -0.05) is 0 Å². The quantitative estimate of drug-likeness (QED) is 0.145. The van der Waals surface area contributed by atoms with Crippen molar-refractivity contribution in [3.05, 3.63) is 71.8 Å². The minimum absolute atomic E-state index is 0.0524. The van der Waals surface area contributed by atoms with Gasteiger partial charge in [-0.2, -0.15) is 23.3 Å². The SMILES string of the molecule is COc1cc(Nc2ncc(-c3cnc(OC)c(C(=O)NS(=O)(=O)CCn4c(O)ccc4O)c3)c(-n3nc(C(F)(F)F)cc3C)n2)cc(OC)c1. The summed E-state index contributed by atoms with van der Waals surface area (Å²) >= 11 is 0. The standard InChI is InChI=1S/C30H29F3N8O8S/c1-16-9-23(30(31,32)33)38-41(16)26-22(15-35-29(37-26)36-18-11-19(47-2)13-20(12-18)48-3)17-10-21(28(49-4)34-14-17)27(44)39-50(45,46)8-7-40-24(42)5-6-25(40)43/h5-6,9-15,42-43H,7-8H2,1-4H3,(H,39,44)(H,35,36,37).